The summed E-state index contributed by atoms with van der Waals surface area (Å²) in [5, 5.41) is 27.5. The third kappa shape index (κ3) is 12.9. The van der Waals surface area contributed by atoms with E-state index in [-0.39, 0.29) is 5.41 Å². The number of aromatic nitrogens is 9. The maximum atomic E-state index is 6.64. The van der Waals surface area contributed by atoms with Gasteiger partial charge < -0.3 is 22.5 Å². The van der Waals surface area contributed by atoms with Crippen molar-refractivity contribution in [3.63, 3.8) is 0 Å². The summed E-state index contributed by atoms with van der Waals surface area (Å²) in [4.78, 5) is 20.1. The molecule has 0 bridgehead atoms. The van der Waals surface area contributed by atoms with Gasteiger partial charge in [-0.15, -0.1) is 11.3 Å². The summed E-state index contributed by atoms with van der Waals surface area (Å²) in [7, 11) is 0. The Bertz CT molecular complexity index is 10800. The van der Waals surface area contributed by atoms with Crippen molar-refractivity contribution in [3.05, 3.63) is 491 Å². The van der Waals surface area contributed by atoms with E-state index < -0.39 is 0 Å². The predicted molar refractivity (Wildman–Crippen MR) is 611 cm³/mol. The number of thiophene rings is 1. The molecule has 0 aliphatic heterocycles. The summed E-state index contributed by atoms with van der Waals surface area (Å²) in [6, 6.07) is 168. The van der Waals surface area contributed by atoms with Crippen molar-refractivity contribution in [3.8, 4) is 90.4 Å². The van der Waals surface area contributed by atoms with Gasteiger partial charge >= 0.3 is 0 Å². The number of fused-ring (bicyclic) bond motifs is 33. The molecule has 1 aliphatic rings. The van der Waals surface area contributed by atoms with Crippen molar-refractivity contribution in [1.29, 1.82) is 0 Å². The molecule has 9 heterocycles. The van der Waals surface area contributed by atoms with Gasteiger partial charge in [-0.2, -0.15) is 0 Å². The van der Waals surface area contributed by atoms with Crippen LogP contribution < -0.4 is 0 Å². The summed E-state index contributed by atoms with van der Waals surface area (Å²) in [6.45, 7) is 4.76. The number of hydrogen-bond donors (Lipinski definition) is 0. The molecular weight excluding hydrogens is 1800 g/mol. The third-order valence-electron chi connectivity index (χ3n) is 30.6. The third-order valence-corrected chi connectivity index (χ3v) is 31.8. The zero-order chi connectivity index (χ0) is 96.1. The second kappa shape index (κ2) is 32.6. The highest BCUT2D eigenvalue weighted by Crippen LogP contribution is 2.56. The van der Waals surface area contributed by atoms with Crippen LogP contribution in [0.25, 0.3) is 279 Å². The summed E-state index contributed by atoms with van der Waals surface area (Å²) in [5.74, 6) is 1.64. The zero-order valence-corrected chi connectivity index (χ0v) is 80.3. The van der Waals surface area contributed by atoms with Crippen LogP contribution in [0.5, 0.6) is 0 Å². The smallest absolute Gasteiger partial charge is 0.160 e. The number of furan rings is 1. The number of pyridine rings is 1. The Morgan fingerprint density at radius 3 is 1.41 bits per heavy atom. The molecule has 0 saturated heterocycles. The molecule has 9 aromatic heterocycles. The van der Waals surface area contributed by atoms with Gasteiger partial charge in [-0.25, -0.2) is 19.9 Å². The predicted octanol–water partition coefficient (Wildman–Crippen LogP) is 36.0. The summed E-state index contributed by atoms with van der Waals surface area (Å²) >= 11 is 1.90. The molecular formula is C135H85N9OS. The minimum absolute atomic E-state index is 0.0934. The molecule has 0 saturated carbocycles. The highest BCUT2D eigenvalue weighted by molar-refractivity contribution is 7.27. The van der Waals surface area contributed by atoms with Gasteiger partial charge in [0.15, 0.2) is 5.82 Å². The van der Waals surface area contributed by atoms with Gasteiger partial charge in [0.25, 0.3) is 0 Å². The van der Waals surface area contributed by atoms with E-state index in [9.17, 15) is 0 Å². The minimum atomic E-state index is -0.0934. The van der Waals surface area contributed by atoms with Crippen LogP contribution in [0.15, 0.2) is 484 Å². The van der Waals surface area contributed by atoms with Crippen LogP contribution in [0.3, 0.4) is 0 Å². The molecule has 11 heteroatoms. The Morgan fingerprint density at radius 2 is 0.747 bits per heavy atom. The normalized spacial score (nSPS) is 12.5. The minimum Gasteiger partial charge on any atom is -0.455 e. The average molecular weight is 1880 g/mol. The monoisotopic (exact) mass is 1880 g/mol. The largest absolute Gasteiger partial charge is 0.455 e. The van der Waals surface area contributed by atoms with Gasteiger partial charge in [-0.3, -0.25) is 4.57 Å². The number of benzene rings is 22. The van der Waals surface area contributed by atoms with E-state index in [2.05, 4.69) is 461 Å². The number of nitrogens with zero attached hydrogens (tertiary/aromatic N) is 9. The fraction of sp³-hybridized carbons (Fsp3) is 0.0222. The van der Waals surface area contributed by atoms with Gasteiger partial charge in [0.2, 0.25) is 0 Å². The first-order chi connectivity index (χ1) is 72.1. The molecule has 0 unspecified atom stereocenters. The molecule has 0 radical (unpaired) electrons. The van der Waals surface area contributed by atoms with Gasteiger partial charge in [0, 0.05) is 148 Å². The first kappa shape index (κ1) is 82.9. The lowest BCUT2D eigenvalue weighted by Gasteiger charge is -2.22. The van der Waals surface area contributed by atoms with Crippen molar-refractivity contribution in [1.82, 2.24) is 42.6 Å². The van der Waals surface area contributed by atoms with Crippen molar-refractivity contribution >= 4 is 200 Å². The van der Waals surface area contributed by atoms with Crippen LogP contribution in [0, 0.1) is 0 Å². The molecule has 10 nitrogen and oxygen atoms in total. The van der Waals surface area contributed by atoms with Crippen LogP contribution in [0.4, 0.5) is 0 Å². The van der Waals surface area contributed by atoms with Crippen LogP contribution in [0.2, 0.25) is 0 Å². The molecule has 22 aromatic carbocycles. The maximum absolute atomic E-state index is 6.64. The topological polar surface area (TPSA) is 88.8 Å². The molecule has 0 fully saturated rings. The lowest BCUT2D eigenvalue weighted by molar-refractivity contribution is 0.661. The van der Waals surface area contributed by atoms with Crippen molar-refractivity contribution in [2.24, 2.45) is 0 Å². The van der Waals surface area contributed by atoms with Crippen molar-refractivity contribution in [2.45, 2.75) is 19.3 Å². The summed E-state index contributed by atoms with van der Waals surface area (Å²) in [5.41, 5.74) is 30.0. The van der Waals surface area contributed by atoms with Crippen molar-refractivity contribution < 1.29 is 4.42 Å². The Hall–Kier alpha value is -18.9. The van der Waals surface area contributed by atoms with Gasteiger partial charge in [-0.1, -0.05) is 329 Å². The SMILES string of the molecule is CC1(C)c2cc3ccccc3cc2-c2c1ccc1c2c2ccc3ccccc3c2n1-c1ccc(-c2cn3ccccc3n2)cc1.c1ccc(-c2cc(-c3ccc(-n4c5cc6ccccc6cc5c5c6c(ccc54)sc4c5ccccc5ccc46)cc3)nc(-c3ccccc3)n2)cc1.c1ccc(-n2c(-c3ccc(-n4c5ccc6oc7c8ccccc8ccc7c6c5c5ccc6ccccc6c54)cc3)nc3ccccc32)cc1. The van der Waals surface area contributed by atoms with Crippen LogP contribution in [-0.2, 0) is 5.41 Å². The Morgan fingerprint density at radius 1 is 0.267 bits per heavy atom. The van der Waals surface area contributed by atoms with E-state index in [4.69, 9.17) is 24.4 Å². The van der Waals surface area contributed by atoms with E-state index >= 15 is 0 Å². The van der Waals surface area contributed by atoms with E-state index in [0.29, 0.717) is 0 Å². The molecule has 31 aromatic rings. The molecule has 1 aliphatic carbocycles. The van der Waals surface area contributed by atoms with Gasteiger partial charge in [0.1, 0.15) is 22.6 Å². The van der Waals surface area contributed by atoms with Crippen molar-refractivity contribution in [2.75, 3.05) is 0 Å². The fourth-order valence-electron chi connectivity index (χ4n) is 23.8. The van der Waals surface area contributed by atoms with E-state index in [1.807, 2.05) is 66.1 Å². The fourth-order valence-corrected chi connectivity index (χ4v) is 25.0. The van der Waals surface area contributed by atoms with E-state index in [1.165, 1.54) is 162 Å². The van der Waals surface area contributed by atoms with E-state index in [1.54, 1.807) is 0 Å². The second-order valence-electron chi connectivity index (χ2n) is 39.1. The number of hydrogen-bond acceptors (Lipinski definition) is 6. The molecule has 0 atom stereocenters. The Balaban J connectivity index is 0.000000102. The highest BCUT2D eigenvalue weighted by atomic mass is 32.1. The number of rotatable bonds is 9. The average Bonchev–Trinajstić information content (AvgIpc) is 1.53. The first-order valence-electron chi connectivity index (χ1n) is 49.9. The van der Waals surface area contributed by atoms with Gasteiger partial charge in [-0.05, 0) is 222 Å². The molecule has 32 rings (SSSR count). The molecule has 682 valence electrons. The Labute approximate surface area is 841 Å². The lowest BCUT2D eigenvalue weighted by Crippen LogP contribution is -2.14. The summed E-state index contributed by atoms with van der Waals surface area (Å²) < 4.78 is 21.0. The first-order valence-corrected chi connectivity index (χ1v) is 50.7. The quantitative estimate of drug-likeness (QED) is 0.144. The maximum Gasteiger partial charge on any atom is 0.160 e. The second-order valence-corrected chi connectivity index (χ2v) is 40.1. The van der Waals surface area contributed by atoms with Crippen LogP contribution in [0.1, 0.15) is 25.0 Å². The molecule has 146 heavy (non-hydrogen) atoms. The van der Waals surface area contributed by atoms with Gasteiger partial charge in [0.05, 0.1) is 61.2 Å². The molecule has 0 N–H and O–H groups in total. The highest BCUT2D eigenvalue weighted by Gasteiger charge is 2.39. The summed E-state index contributed by atoms with van der Waals surface area (Å²) in [6.07, 6.45) is 4.15. The van der Waals surface area contributed by atoms with Crippen LogP contribution >= 0.6 is 11.3 Å². The number of imidazole rings is 2. The van der Waals surface area contributed by atoms with Crippen LogP contribution in [-0.4, -0.2) is 42.6 Å². The zero-order valence-electron chi connectivity index (χ0n) is 79.5. The number of para-hydroxylation sites is 3. The molecule has 0 spiro atoms. The standard InChI is InChI=1S/C48H29N3S.C45H27N3O.C42H29N3/c1-3-12-31(13-4-1)40-29-41(50-48(49-40)33-14-5-2-6-15-33)32-19-22-36(23-20-32)51-42-25-26-44-46(38-24-21-30-11-9-10-18-37(30)47(38)52-44)45(42)39-27-34-16-7-8-17-35(34)28-43(39)51;1-2-12-31(13-3-1)48-38-17-9-8-16-37(38)46-45(48)30-18-22-32(23-19-30)47-39-26-27-40-42(36-25-21-29-11-5-7-15-34(29)44(36)49-40)41(39)35-24-20-28-10-4-6-14-33(28)43(35)47;1-42(2)34-20-21-37-40(39(34)33-23-28-10-3-4-11-29(28)24-35(33)42)32-19-16-26-9-5-6-12-31(26)41(32)45(37)30-17-14-27(15-18-30)36-25-44-22-8-7-13-38(44)43-36/h1-29H;1-27H;3-25H,1-2H3. The molecule has 0 amide bonds. The van der Waals surface area contributed by atoms with E-state index in [0.717, 1.165) is 129 Å². The lowest BCUT2D eigenvalue weighted by atomic mass is 9.81. The Kier molecular flexibility index (Phi) is 18.5.